The van der Waals surface area contributed by atoms with Crippen molar-refractivity contribution in [1.29, 1.82) is 0 Å². The second kappa shape index (κ2) is 10.1. The highest BCUT2D eigenvalue weighted by Gasteiger charge is 2.28. The molecule has 1 aromatic rings. The number of rotatable bonds is 8. The number of hydrogen-bond donors (Lipinski definition) is 2. The minimum absolute atomic E-state index is 0.124. The maximum absolute atomic E-state index is 12.8. The molecule has 1 aliphatic rings. The van der Waals surface area contributed by atoms with Gasteiger partial charge in [-0.2, -0.15) is 4.72 Å². The Kier molecular flexibility index (Phi) is 8.10. The molecule has 1 fully saturated rings. The molecule has 0 aromatic heterocycles. The molecule has 27 heavy (non-hydrogen) atoms. The van der Waals surface area contributed by atoms with Crippen LogP contribution in [0.15, 0.2) is 29.2 Å². The van der Waals surface area contributed by atoms with Crippen LogP contribution in [0.1, 0.15) is 58.8 Å². The van der Waals surface area contributed by atoms with E-state index in [1.165, 1.54) is 32.1 Å². The average molecular weight is 397 g/mol. The van der Waals surface area contributed by atoms with Crippen LogP contribution in [0.3, 0.4) is 0 Å². The summed E-state index contributed by atoms with van der Waals surface area (Å²) < 4.78 is 33.2. The van der Waals surface area contributed by atoms with Crippen LogP contribution in [0.4, 0.5) is 0 Å². The Morgan fingerprint density at radius 3 is 2.22 bits per heavy atom. The zero-order chi connectivity index (χ0) is 19.9. The summed E-state index contributed by atoms with van der Waals surface area (Å²) in [7, 11) is -2.26. The molecule has 1 saturated carbocycles. The van der Waals surface area contributed by atoms with Crippen molar-refractivity contribution in [3.05, 3.63) is 24.3 Å². The summed E-state index contributed by atoms with van der Waals surface area (Å²) in [4.78, 5) is 12.9. The van der Waals surface area contributed by atoms with Gasteiger partial charge in [0.25, 0.3) is 0 Å². The normalized spacial score (nSPS) is 17.3. The highest BCUT2D eigenvalue weighted by Crippen LogP contribution is 2.19. The standard InChI is InChI=1S/C20H32N2O4S/c1-15(2)14-19(20(23)21-16-8-6-4-5-7-9-16)22-27(24,25)18-12-10-17(26-3)11-13-18/h10-13,15-16,19,22H,4-9,14H2,1-3H3,(H,21,23)/t19-/m0/s1. The summed E-state index contributed by atoms with van der Waals surface area (Å²) in [6, 6.07) is 5.52. The van der Waals surface area contributed by atoms with Gasteiger partial charge in [0.2, 0.25) is 15.9 Å². The SMILES string of the molecule is COc1ccc(S(=O)(=O)N[C@@H](CC(C)C)C(=O)NC2CCCCCC2)cc1. The molecule has 0 radical (unpaired) electrons. The molecule has 1 atom stereocenters. The van der Waals surface area contributed by atoms with E-state index in [1.54, 1.807) is 12.1 Å². The van der Waals surface area contributed by atoms with Crippen LogP contribution < -0.4 is 14.8 Å². The van der Waals surface area contributed by atoms with Crippen molar-refractivity contribution < 1.29 is 17.9 Å². The third-order valence-corrected chi connectivity index (χ3v) is 6.38. The lowest BCUT2D eigenvalue weighted by Crippen LogP contribution is -2.50. The van der Waals surface area contributed by atoms with E-state index in [2.05, 4.69) is 10.0 Å². The van der Waals surface area contributed by atoms with Gasteiger partial charge in [0.15, 0.2) is 0 Å². The molecule has 1 aromatic carbocycles. The van der Waals surface area contributed by atoms with E-state index in [1.807, 2.05) is 13.8 Å². The zero-order valence-electron chi connectivity index (χ0n) is 16.5. The fraction of sp³-hybridized carbons (Fsp3) is 0.650. The topological polar surface area (TPSA) is 84.5 Å². The van der Waals surface area contributed by atoms with Gasteiger partial charge in [-0.05, 0) is 49.4 Å². The Bertz CT molecular complexity index is 693. The lowest BCUT2D eigenvalue weighted by molar-refractivity contribution is -0.123. The number of amides is 1. The lowest BCUT2D eigenvalue weighted by Gasteiger charge is -2.24. The largest absolute Gasteiger partial charge is 0.497 e. The van der Waals surface area contributed by atoms with E-state index in [0.29, 0.717) is 12.2 Å². The van der Waals surface area contributed by atoms with Gasteiger partial charge in [0.05, 0.1) is 12.0 Å². The van der Waals surface area contributed by atoms with Gasteiger partial charge in [0.1, 0.15) is 11.8 Å². The molecule has 0 aliphatic heterocycles. The van der Waals surface area contributed by atoms with Crippen molar-refractivity contribution in [3.8, 4) is 5.75 Å². The Labute approximate surface area is 163 Å². The molecule has 0 heterocycles. The van der Waals surface area contributed by atoms with Gasteiger partial charge in [-0.15, -0.1) is 0 Å². The van der Waals surface area contributed by atoms with Crippen LogP contribution in [-0.2, 0) is 14.8 Å². The molecule has 1 aliphatic carbocycles. The minimum Gasteiger partial charge on any atom is -0.497 e. The zero-order valence-corrected chi connectivity index (χ0v) is 17.3. The van der Waals surface area contributed by atoms with E-state index < -0.39 is 16.1 Å². The molecule has 0 bridgehead atoms. The van der Waals surface area contributed by atoms with Crippen molar-refractivity contribution in [2.24, 2.45) is 5.92 Å². The predicted molar refractivity (Wildman–Crippen MR) is 106 cm³/mol. The number of carbonyl (C=O) groups is 1. The highest BCUT2D eigenvalue weighted by molar-refractivity contribution is 7.89. The fourth-order valence-corrected chi connectivity index (χ4v) is 4.62. The maximum atomic E-state index is 12.8. The Morgan fingerprint density at radius 1 is 1.11 bits per heavy atom. The number of sulfonamides is 1. The summed E-state index contributed by atoms with van der Waals surface area (Å²) in [5.74, 6) is 0.542. The van der Waals surface area contributed by atoms with Gasteiger partial charge in [-0.1, -0.05) is 39.5 Å². The Morgan fingerprint density at radius 2 is 1.70 bits per heavy atom. The Hall–Kier alpha value is -1.60. The molecule has 0 unspecified atom stereocenters. The van der Waals surface area contributed by atoms with Crippen molar-refractivity contribution in [3.63, 3.8) is 0 Å². The summed E-state index contributed by atoms with van der Waals surface area (Å²) in [5.41, 5.74) is 0. The second-order valence-electron chi connectivity index (χ2n) is 7.68. The fourth-order valence-electron chi connectivity index (χ4n) is 3.42. The first-order valence-electron chi connectivity index (χ1n) is 9.78. The lowest BCUT2D eigenvalue weighted by atomic mass is 10.0. The molecular weight excluding hydrogens is 364 g/mol. The summed E-state index contributed by atoms with van der Waals surface area (Å²) in [5, 5.41) is 3.07. The van der Waals surface area contributed by atoms with Gasteiger partial charge < -0.3 is 10.1 Å². The molecular formula is C20H32N2O4S. The van der Waals surface area contributed by atoms with Crippen molar-refractivity contribution in [2.45, 2.75) is 75.8 Å². The first kappa shape index (κ1) is 21.7. The summed E-state index contributed by atoms with van der Waals surface area (Å²) in [6.45, 7) is 3.96. The van der Waals surface area contributed by atoms with Crippen LogP contribution in [0.5, 0.6) is 5.75 Å². The number of benzene rings is 1. The van der Waals surface area contributed by atoms with Crippen LogP contribution in [0.2, 0.25) is 0 Å². The van der Waals surface area contributed by atoms with Crippen molar-refractivity contribution >= 4 is 15.9 Å². The quantitative estimate of drug-likeness (QED) is 0.661. The summed E-state index contributed by atoms with van der Waals surface area (Å²) >= 11 is 0. The maximum Gasteiger partial charge on any atom is 0.241 e. The van der Waals surface area contributed by atoms with E-state index >= 15 is 0 Å². The molecule has 1 amide bonds. The average Bonchev–Trinajstić information content (AvgIpc) is 2.89. The van der Waals surface area contributed by atoms with Gasteiger partial charge >= 0.3 is 0 Å². The Balaban J connectivity index is 2.10. The van der Waals surface area contributed by atoms with Crippen molar-refractivity contribution in [1.82, 2.24) is 10.0 Å². The van der Waals surface area contributed by atoms with Gasteiger partial charge in [-0.3, -0.25) is 4.79 Å². The van der Waals surface area contributed by atoms with Crippen LogP contribution in [0, 0.1) is 5.92 Å². The van der Waals surface area contributed by atoms with E-state index in [4.69, 9.17) is 4.74 Å². The van der Waals surface area contributed by atoms with E-state index in [9.17, 15) is 13.2 Å². The minimum atomic E-state index is -3.79. The third-order valence-electron chi connectivity index (χ3n) is 4.89. The van der Waals surface area contributed by atoms with Crippen LogP contribution >= 0.6 is 0 Å². The first-order valence-corrected chi connectivity index (χ1v) is 11.3. The smallest absolute Gasteiger partial charge is 0.241 e. The molecule has 6 nitrogen and oxygen atoms in total. The van der Waals surface area contributed by atoms with Crippen LogP contribution in [0.25, 0.3) is 0 Å². The number of hydrogen-bond acceptors (Lipinski definition) is 4. The monoisotopic (exact) mass is 396 g/mol. The van der Waals surface area contributed by atoms with E-state index in [0.717, 1.165) is 25.7 Å². The predicted octanol–water partition coefficient (Wildman–Crippen LogP) is 3.23. The van der Waals surface area contributed by atoms with Gasteiger partial charge in [0, 0.05) is 6.04 Å². The van der Waals surface area contributed by atoms with Gasteiger partial charge in [-0.25, -0.2) is 8.42 Å². The second-order valence-corrected chi connectivity index (χ2v) is 9.39. The number of methoxy groups -OCH3 is 1. The molecule has 2 N–H and O–H groups in total. The molecule has 0 saturated heterocycles. The number of ether oxygens (including phenoxy) is 1. The highest BCUT2D eigenvalue weighted by atomic mass is 32.2. The van der Waals surface area contributed by atoms with E-state index in [-0.39, 0.29) is 22.8 Å². The van der Waals surface area contributed by atoms with Crippen LogP contribution in [-0.4, -0.2) is 33.5 Å². The molecule has 152 valence electrons. The third kappa shape index (κ3) is 6.81. The number of nitrogens with one attached hydrogen (secondary N) is 2. The van der Waals surface area contributed by atoms with Crippen molar-refractivity contribution in [2.75, 3.05) is 7.11 Å². The molecule has 0 spiro atoms. The molecule has 2 rings (SSSR count). The molecule has 7 heteroatoms. The first-order chi connectivity index (χ1) is 12.8. The number of carbonyl (C=O) groups excluding carboxylic acids is 1. The summed E-state index contributed by atoms with van der Waals surface area (Å²) in [6.07, 6.45) is 7.00.